The van der Waals surface area contributed by atoms with Crippen LogP contribution in [0.5, 0.6) is 0 Å². The van der Waals surface area contributed by atoms with E-state index in [-0.39, 0.29) is 34.6 Å². The van der Waals surface area contributed by atoms with Gasteiger partial charge in [-0.05, 0) is 17.7 Å². The van der Waals surface area contributed by atoms with Crippen molar-refractivity contribution < 1.29 is 24.3 Å². The number of ketones is 1. The molecular formula is C21H20N4O5S3. The molecule has 1 fully saturated rings. The lowest BCUT2D eigenvalue weighted by molar-refractivity contribution is -0.153. The molecule has 0 bridgehead atoms. The Morgan fingerprint density at radius 1 is 1.36 bits per heavy atom. The van der Waals surface area contributed by atoms with Crippen molar-refractivity contribution in [3.8, 4) is 0 Å². The first-order valence-electron chi connectivity index (χ1n) is 9.84. The van der Waals surface area contributed by atoms with Crippen molar-refractivity contribution in [3.63, 3.8) is 0 Å². The van der Waals surface area contributed by atoms with Gasteiger partial charge in [0.05, 0.1) is 11.3 Å². The number of β-lactam (4-membered cyclic amide) rings is 1. The van der Waals surface area contributed by atoms with Gasteiger partial charge < -0.3 is 15.7 Å². The van der Waals surface area contributed by atoms with Gasteiger partial charge in [0.2, 0.25) is 5.91 Å². The number of amides is 1. The number of hydrogen-bond acceptors (Lipinski definition) is 10. The van der Waals surface area contributed by atoms with E-state index in [0.717, 1.165) is 4.90 Å². The summed E-state index contributed by atoms with van der Waals surface area (Å²) in [4.78, 5) is 49.1. The molecule has 1 saturated heterocycles. The summed E-state index contributed by atoms with van der Waals surface area (Å²) in [5.74, 6) is -1.63. The summed E-state index contributed by atoms with van der Waals surface area (Å²) in [7, 11) is 1.31. The maximum Gasteiger partial charge on any atom is 0.352 e. The second kappa shape index (κ2) is 9.98. The molecule has 9 nitrogen and oxygen atoms in total. The van der Waals surface area contributed by atoms with Gasteiger partial charge in [-0.1, -0.05) is 23.4 Å². The van der Waals surface area contributed by atoms with Crippen LogP contribution in [-0.2, 0) is 19.2 Å². The predicted octanol–water partition coefficient (Wildman–Crippen LogP) is 2.70. The molecule has 2 aliphatic rings. The van der Waals surface area contributed by atoms with Crippen LogP contribution in [0.25, 0.3) is 0 Å². The molecule has 3 N–H and O–H groups in total. The summed E-state index contributed by atoms with van der Waals surface area (Å²) in [5, 5.41) is 15.1. The molecule has 33 heavy (non-hydrogen) atoms. The number of nitrogen functional groups attached to an aromatic ring is 1. The highest BCUT2D eigenvalue weighted by molar-refractivity contribution is 8.01. The standard InChI is InChI=1S/C21H20N4O5S3/c1-30-24-16(14-10-33-21(22)23-14)15(26)7-13-18(27)25-17(20(28)29)11(9-32-19(13)25)8-31-12-5-3-2-4-6-12/h2-6,10,13,19H,7-9H2,1H3,(H2,22,23)(H,28,29)/b24-16+/t13-,19-/m1/s1. The van der Waals surface area contributed by atoms with Crippen molar-refractivity contribution in [2.45, 2.75) is 16.7 Å². The summed E-state index contributed by atoms with van der Waals surface area (Å²) in [6.07, 6.45) is -0.117. The van der Waals surface area contributed by atoms with E-state index in [1.807, 2.05) is 30.3 Å². The number of carbonyl (C=O) groups is 3. The summed E-state index contributed by atoms with van der Waals surface area (Å²) >= 11 is 4.16. The van der Waals surface area contributed by atoms with E-state index >= 15 is 0 Å². The van der Waals surface area contributed by atoms with E-state index < -0.39 is 23.0 Å². The molecular weight excluding hydrogens is 484 g/mol. The Kier molecular flexibility index (Phi) is 7.05. The number of carbonyl (C=O) groups excluding carboxylic acids is 2. The largest absolute Gasteiger partial charge is 0.477 e. The molecule has 2 atom stereocenters. The second-order valence-corrected chi connectivity index (χ2v) is 10.2. The van der Waals surface area contributed by atoms with Crippen molar-refractivity contribution in [1.82, 2.24) is 9.88 Å². The van der Waals surface area contributed by atoms with Gasteiger partial charge in [0.1, 0.15) is 18.5 Å². The number of hydrogen-bond donors (Lipinski definition) is 2. The quantitative estimate of drug-likeness (QED) is 0.229. The first kappa shape index (κ1) is 23.3. The minimum Gasteiger partial charge on any atom is -0.477 e. The zero-order valence-electron chi connectivity index (χ0n) is 17.5. The summed E-state index contributed by atoms with van der Waals surface area (Å²) in [5.41, 5.74) is 6.64. The molecule has 172 valence electrons. The molecule has 1 aromatic heterocycles. The SMILES string of the molecule is CO/N=C(/C(=O)C[C@@H]1C(=O)N2C(C(=O)O)=C(CSc3ccccc3)CS[C@H]12)c1csc(N)n1. The van der Waals surface area contributed by atoms with Crippen LogP contribution in [0.3, 0.4) is 0 Å². The maximum absolute atomic E-state index is 12.9. The number of nitrogens with zero attached hydrogens (tertiary/aromatic N) is 3. The van der Waals surface area contributed by atoms with Gasteiger partial charge in [-0.2, -0.15) is 0 Å². The molecule has 0 saturated carbocycles. The molecule has 0 radical (unpaired) electrons. The zero-order valence-corrected chi connectivity index (χ0v) is 19.9. The maximum atomic E-state index is 12.9. The molecule has 2 aromatic rings. The Labute approximate surface area is 202 Å². The molecule has 0 unspecified atom stereocenters. The summed E-state index contributed by atoms with van der Waals surface area (Å²) in [6, 6.07) is 9.66. The van der Waals surface area contributed by atoms with Gasteiger partial charge in [-0.3, -0.25) is 14.5 Å². The van der Waals surface area contributed by atoms with E-state index in [0.29, 0.717) is 17.1 Å². The van der Waals surface area contributed by atoms with Gasteiger partial charge in [0.15, 0.2) is 16.6 Å². The Morgan fingerprint density at radius 2 is 2.12 bits per heavy atom. The number of anilines is 1. The Bertz CT molecular complexity index is 1150. The second-order valence-electron chi connectivity index (χ2n) is 7.20. The van der Waals surface area contributed by atoms with E-state index in [1.54, 1.807) is 5.38 Å². The van der Waals surface area contributed by atoms with Crippen LogP contribution in [0.4, 0.5) is 5.13 Å². The predicted molar refractivity (Wildman–Crippen MR) is 128 cm³/mol. The molecule has 3 heterocycles. The van der Waals surface area contributed by atoms with Crippen LogP contribution in [0.15, 0.2) is 57.0 Å². The average Bonchev–Trinajstić information content (AvgIpc) is 3.25. The van der Waals surface area contributed by atoms with Crippen LogP contribution >= 0.6 is 34.9 Å². The highest BCUT2D eigenvalue weighted by Crippen LogP contribution is 2.46. The third-order valence-electron chi connectivity index (χ3n) is 5.13. The Balaban J connectivity index is 1.49. The molecule has 12 heteroatoms. The smallest absolute Gasteiger partial charge is 0.352 e. The van der Waals surface area contributed by atoms with Crippen molar-refractivity contribution in [2.75, 3.05) is 24.3 Å². The number of aliphatic carboxylic acids is 1. The van der Waals surface area contributed by atoms with E-state index in [1.165, 1.54) is 46.9 Å². The lowest BCUT2D eigenvalue weighted by Crippen LogP contribution is -2.62. The number of rotatable bonds is 9. The number of fused-ring (bicyclic) bond motifs is 1. The number of carboxylic acids is 1. The van der Waals surface area contributed by atoms with E-state index in [9.17, 15) is 19.5 Å². The fourth-order valence-corrected chi connectivity index (χ4v) is 6.66. The number of nitrogens with two attached hydrogens (primary N) is 1. The number of Topliss-reactive ketones (excluding diaryl/α,β-unsaturated/α-hetero) is 1. The average molecular weight is 505 g/mol. The third kappa shape index (κ3) is 4.77. The van der Waals surface area contributed by atoms with Crippen LogP contribution in [0, 0.1) is 5.92 Å². The normalized spacial score (nSPS) is 20.3. The number of thioether (sulfide) groups is 2. The van der Waals surface area contributed by atoms with Gasteiger partial charge in [0.25, 0.3) is 0 Å². The Hall–Kier alpha value is -2.83. The molecule has 1 amide bonds. The fourth-order valence-electron chi connectivity index (χ4n) is 3.64. The zero-order chi connectivity index (χ0) is 23.5. The van der Waals surface area contributed by atoms with Crippen LogP contribution in [-0.4, -0.2) is 62.4 Å². The van der Waals surface area contributed by atoms with E-state index in [2.05, 4.69) is 10.1 Å². The van der Waals surface area contributed by atoms with Gasteiger partial charge in [0, 0.05) is 28.2 Å². The number of oxime groups is 1. The van der Waals surface area contributed by atoms with Gasteiger partial charge in [-0.15, -0.1) is 34.9 Å². The van der Waals surface area contributed by atoms with Crippen molar-refractivity contribution in [2.24, 2.45) is 11.1 Å². The molecule has 2 aliphatic heterocycles. The highest BCUT2D eigenvalue weighted by atomic mass is 32.2. The molecule has 4 rings (SSSR count). The minimum atomic E-state index is -1.14. The van der Waals surface area contributed by atoms with Gasteiger partial charge in [-0.25, -0.2) is 9.78 Å². The topological polar surface area (TPSA) is 135 Å². The number of aromatic nitrogens is 1. The van der Waals surface area contributed by atoms with Gasteiger partial charge >= 0.3 is 5.97 Å². The Morgan fingerprint density at radius 3 is 2.76 bits per heavy atom. The lowest BCUT2D eigenvalue weighted by Gasteiger charge is -2.49. The van der Waals surface area contributed by atoms with Crippen molar-refractivity contribution in [1.29, 1.82) is 0 Å². The first-order chi connectivity index (χ1) is 15.9. The molecule has 0 spiro atoms. The number of thiazole rings is 1. The molecule has 0 aliphatic carbocycles. The lowest BCUT2D eigenvalue weighted by atomic mass is 9.89. The van der Waals surface area contributed by atoms with Crippen molar-refractivity contribution in [3.05, 3.63) is 52.7 Å². The number of benzene rings is 1. The summed E-state index contributed by atoms with van der Waals surface area (Å²) < 4.78 is 0. The van der Waals surface area contributed by atoms with E-state index in [4.69, 9.17) is 10.6 Å². The monoisotopic (exact) mass is 504 g/mol. The fraction of sp³-hybridized carbons (Fsp3) is 0.286. The van der Waals surface area contributed by atoms with Crippen molar-refractivity contribution >= 4 is 63.4 Å². The third-order valence-corrected chi connectivity index (χ3v) is 8.30. The highest BCUT2D eigenvalue weighted by Gasteiger charge is 2.54. The van der Waals surface area contributed by atoms with Crippen LogP contribution < -0.4 is 5.73 Å². The van der Waals surface area contributed by atoms with Crippen LogP contribution in [0.1, 0.15) is 12.1 Å². The summed E-state index contributed by atoms with van der Waals surface area (Å²) in [6.45, 7) is 0. The number of carboxylic acid groups (broad SMARTS) is 1. The molecule has 1 aromatic carbocycles. The minimum absolute atomic E-state index is 0.00791. The first-order valence-corrected chi connectivity index (χ1v) is 12.8. The van der Waals surface area contributed by atoms with Crippen LogP contribution in [0.2, 0.25) is 0 Å².